The summed E-state index contributed by atoms with van der Waals surface area (Å²) < 4.78 is 1.99. The van der Waals surface area contributed by atoms with Gasteiger partial charge >= 0.3 is 6.03 Å². The Hall–Kier alpha value is -2.64. The first-order valence-electron chi connectivity index (χ1n) is 6.45. The molecule has 1 atom stereocenters. The smallest absolute Gasteiger partial charge is 0.314 e. The van der Waals surface area contributed by atoms with Gasteiger partial charge < -0.3 is 15.6 Å². The van der Waals surface area contributed by atoms with E-state index in [9.17, 15) is 4.79 Å². The van der Waals surface area contributed by atoms with E-state index in [4.69, 9.17) is 5.73 Å². The summed E-state index contributed by atoms with van der Waals surface area (Å²) in [6.07, 6.45) is 4.37. The van der Waals surface area contributed by atoms with Crippen LogP contribution in [0.2, 0.25) is 0 Å². The Labute approximate surface area is 113 Å². The van der Waals surface area contributed by atoms with E-state index in [-0.39, 0.29) is 11.9 Å². The molecule has 1 aliphatic rings. The number of rotatable bonds is 1. The number of nitrogens with zero attached hydrogens (tertiary/aromatic N) is 5. The fourth-order valence-electron chi connectivity index (χ4n) is 2.83. The maximum atomic E-state index is 11.2. The van der Waals surface area contributed by atoms with Gasteiger partial charge in [0.05, 0.1) is 11.7 Å². The number of nitrogens with one attached hydrogen (secondary N) is 1. The summed E-state index contributed by atoms with van der Waals surface area (Å²) in [5.74, 6) is 1.01. The second kappa shape index (κ2) is 3.92. The third-order valence-corrected chi connectivity index (χ3v) is 3.83. The number of amides is 2. The number of H-pyrrole nitrogens is 1. The Balaban J connectivity index is 1.84. The normalized spacial score (nSPS) is 19.2. The largest absolute Gasteiger partial charge is 0.351 e. The molecule has 0 spiro atoms. The minimum Gasteiger partial charge on any atom is -0.351 e. The molecule has 1 unspecified atom stereocenters. The molecule has 8 heteroatoms. The third-order valence-electron chi connectivity index (χ3n) is 3.83. The first-order chi connectivity index (χ1) is 9.74. The highest BCUT2D eigenvalue weighted by Gasteiger charge is 2.29. The van der Waals surface area contributed by atoms with E-state index in [1.807, 2.05) is 16.7 Å². The van der Waals surface area contributed by atoms with Crippen LogP contribution in [0.25, 0.3) is 16.8 Å². The van der Waals surface area contributed by atoms with Gasteiger partial charge in [-0.3, -0.25) is 4.40 Å². The van der Waals surface area contributed by atoms with Gasteiger partial charge in [-0.05, 0) is 12.5 Å². The summed E-state index contributed by atoms with van der Waals surface area (Å²) in [4.78, 5) is 20.2. The van der Waals surface area contributed by atoms with Crippen molar-refractivity contribution < 1.29 is 4.79 Å². The molecule has 4 heterocycles. The maximum Gasteiger partial charge on any atom is 0.314 e. The standard InChI is InChI=1S/C12H13N7O/c13-12(20)18-4-2-7(6-18)11-17-16-9-5-15-10-8(19(9)11)1-3-14-10/h1,3,5,7,14H,2,4,6H2,(H2,13,20). The summed E-state index contributed by atoms with van der Waals surface area (Å²) in [5.41, 5.74) is 7.78. The van der Waals surface area contributed by atoms with Crippen molar-refractivity contribution in [3.63, 3.8) is 0 Å². The summed E-state index contributed by atoms with van der Waals surface area (Å²) in [6.45, 7) is 1.25. The number of carbonyl (C=O) groups excluding carboxylic acids is 1. The molecule has 0 aromatic carbocycles. The van der Waals surface area contributed by atoms with Crippen LogP contribution in [0.4, 0.5) is 4.79 Å². The zero-order valence-corrected chi connectivity index (χ0v) is 10.7. The third kappa shape index (κ3) is 1.47. The molecule has 1 saturated heterocycles. The van der Waals surface area contributed by atoms with E-state index < -0.39 is 0 Å². The Bertz CT molecular complexity index is 804. The SMILES string of the molecule is NC(=O)N1CCC(c2nnc3cnc4[nH]ccc4n23)C1. The van der Waals surface area contributed by atoms with Gasteiger partial charge in [0.1, 0.15) is 5.82 Å². The molecule has 0 aliphatic carbocycles. The van der Waals surface area contributed by atoms with Gasteiger partial charge in [0.25, 0.3) is 0 Å². The summed E-state index contributed by atoms with van der Waals surface area (Å²) in [5, 5.41) is 8.45. The zero-order chi connectivity index (χ0) is 13.7. The summed E-state index contributed by atoms with van der Waals surface area (Å²) in [7, 11) is 0. The Morgan fingerprint density at radius 2 is 2.35 bits per heavy atom. The molecular formula is C12H13N7O. The van der Waals surface area contributed by atoms with Crippen molar-refractivity contribution in [1.82, 2.24) is 29.5 Å². The minimum atomic E-state index is -0.380. The lowest BCUT2D eigenvalue weighted by atomic mass is 10.1. The molecule has 0 saturated carbocycles. The number of likely N-dealkylation sites (tertiary alicyclic amines) is 1. The van der Waals surface area contributed by atoms with E-state index in [0.717, 1.165) is 23.4 Å². The van der Waals surface area contributed by atoms with Gasteiger partial charge in [-0.25, -0.2) is 9.78 Å². The van der Waals surface area contributed by atoms with Crippen molar-refractivity contribution >= 4 is 22.8 Å². The molecule has 102 valence electrons. The van der Waals surface area contributed by atoms with Crippen molar-refractivity contribution in [1.29, 1.82) is 0 Å². The molecule has 8 nitrogen and oxygen atoms in total. The second-order valence-corrected chi connectivity index (χ2v) is 4.99. The van der Waals surface area contributed by atoms with Crippen LogP contribution in [0.5, 0.6) is 0 Å². The quantitative estimate of drug-likeness (QED) is 0.671. The van der Waals surface area contributed by atoms with Crippen LogP contribution < -0.4 is 5.73 Å². The molecule has 4 rings (SSSR count). The molecule has 3 aromatic heterocycles. The summed E-state index contributed by atoms with van der Waals surface area (Å²) >= 11 is 0. The van der Waals surface area contributed by atoms with Crippen molar-refractivity contribution in [3.05, 3.63) is 24.3 Å². The van der Waals surface area contributed by atoms with Gasteiger partial charge in [-0.2, -0.15) is 0 Å². The van der Waals surface area contributed by atoms with Gasteiger partial charge in [0, 0.05) is 25.2 Å². The van der Waals surface area contributed by atoms with Crippen LogP contribution in [0.15, 0.2) is 18.5 Å². The molecule has 3 aromatic rings. The van der Waals surface area contributed by atoms with E-state index in [0.29, 0.717) is 18.7 Å². The van der Waals surface area contributed by atoms with Gasteiger partial charge in [-0.15, -0.1) is 10.2 Å². The lowest BCUT2D eigenvalue weighted by molar-refractivity contribution is 0.218. The first kappa shape index (κ1) is 11.2. The highest BCUT2D eigenvalue weighted by molar-refractivity contribution is 5.74. The van der Waals surface area contributed by atoms with Crippen LogP contribution >= 0.6 is 0 Å². The zero-order valence-electron chi connectivity index (χ0n) is 10.7. The number of hydrogen-bond acceptors (Lipinski definition) is 4. The van der Waals surface area contributed by atoms with Gasteiger partial charge in [0.15, 0.2) is 11.3 Å². The predicted octanol–water partition coefficient (Wildman–Crippen LogP) is 0.474. The maximum absolute atomic E-state index is 11.2. The fourth-order valence-corrected chi connectivity index (χ4v) is 2.83. The predicted molar refractivity (Wildman–Crippen MR) is 71.2 cm³/mol. The first-order valence-corrected chi connectivity index (χ1v) is 6.45. The topological polar surface area (TPSA) is 105 Å². The van der Waals surface area contributed by atoms with E-state index in [1.54, 1.807) is 11.1 Å². The van der Waals surface area contributed by atoms with Crippen LogP contribution in [0, 0.1) is 0 Å². The van der Waals surface area contributed by atoms with Crippen LogP contribution in [0.3, 0.4) is 0 Å². The number of hydrogen-bond donors (Lipinski definition) is 2. The molecule has 1 fully saturated rings. The molecule has 0 radical (unpaired) electrons. The number of primary amides is 1. The Morgan fingerprint density at radius 1 is 1.45 bits per heavy atom. The second-order valence-electron chi connectivity index (χ2n) is 4.99. The number of fused-ring (bicyclic) bond motifs is 3. The highest BCUT2D eigenvalue weighted by atomic mass is 16.2. The average molecular weight is 271 g/mol. The minimum absolute atomic E-state index is 0.151. The number of carbonyl (C=O) groups is 1. The Morgan fingerprint density at radius 3 is 3.15 bits per heavy atom. The van der Waals surface area contributed by atoms with Crippen molar-refractivity contribution in [2.24, 2.45) is 5.73 Å². The lowest BCUT2D eigenvalue weighted by Gasteiger charge is -2.12. The molecule has 2 amide bonds. The van der Waals surface area contributed by atoms with Crippen molar-refractivity contribution in [2.75, 3.05) is 13.1 Å². The van der Waals surface area contributed by atoms with E-state index in [1.165, 1.54) is 0 Å². The van der Waals surface area contributed by atoms with Gasteiger partial charge in [-0.1, -0.05) is 0 Å². The highest BCUT2D eigenvalue weighted by Crippen LogP contribution is 2.27. The van der Waals surface area contributed by atoms with E-state index >= 15 is 0 Å². The monoisotopic (exact) mass is 271 g/mol. The average Bonchev–Trinajstić information content (AvgIpc) is 3.16. The lowest BCUT2D eigenvalue weighted by Crippen LogP contribution is -2.33. The number of urea groups is 1. The molecule has 0 bridgehead atoms. The molecule has 20 heavy (non-hydrogen) atoms. The molecule has 3 N–H and O–H groups in total. The van der Waals surface area contributed by atoms with Crippen LogP contribution in [-0.4, -0.2) is 48.6 Å². The number of nitrogens with two attached hydrogens (primary N) is 1. The van der Waals surface area contributed by atoms with Gasteiger partial charge in [0.2, 0.25) is 0 Å². The van der Waals surface area contributed by atoms with E-state index in [2.05, 4.69) is 20.2 Å². The Kier molecular flexibility index (Phi) is 2.20. The summed E-state index contributed by atoms with van der Waals surface area (Å²) in [6, 6.07) is 1.57. The fraction of sp³-hybridized carbons (Fsp3) is 0.333. The number of aromatic amines is 1. The molecule has 1 aliphatic heterocycles. The van der Waals surface area contributed by atoms with Crippen molar-refractivity contribution in [2.45, 2.75) is 12.3 Å². The van der Waals surface area contributed by atoms with Crippen LogP contribution in [0.1, 0.15) is 18.2 Å². The van der Waals surface area contributed by atoms with Crippen molar-refractivity contribution in [3.8, 4) is 0 Å². The number of aromatic nitrogens is 5. The van der Waals surface area contributed by atoms with Crippen LogP contribution in [-0.2, 0) is 0 Å². The molecular weight excluding hydrogens is 258 g/mol.